The molecular formula is C19H21FN2O5. The molecule has 3 rings (SSSR count). The molecular weight excluding hydrogens is 355 g/mol. The number of hydrogen-bond donors (Lipinski definition) is 1. The molecule has 1 saturated carbocycles. The van der Waals surface area contributed by atoms with Gasteiger partial charge in [-0.3, -0.25) is 24.1 Å². The SMILES string of the molecule is O=C(COC(=O)CN1C(=O)[C@H]2CCCC[C@H]2C1=O)NCc1ccc(F)cc1. The van der Waals surface area contributed by atoms with Crippen molar-refractivity contribution in [2.24, 2.45) is 11.8 Å². The van der Waals surface area contributed by atoms with E-state index in [9.17, 15) is 23.6 Å². The summed E-state index contributed by atoms with van der Waals surface area (Å²) in [5, 5.41) is 2.54. The fourth-order valence-corrected chi connectivity index (χ4v) is 3.56. The first-order chi connectivity index (χ1) is 13.0. The lowest BCUT2D eigenvalue weighted by Gasteiger charge is -2.19. The van der Waals surface area contributed by atoms with Crippen molar-refractivity contribution in [3.05, 3.63) is 35.6 Å². The van der Waals surface area contributed by atoms with Crippen molar-refractivity contribution in [3.63, 3.8) is 0 Å². The molecule has 27 heavy (non-hydrogen) atoms. The summed E-state index contributed by atoms with van der Waals surface area (Å²) in [6.07, 6.45) is 3.17. The zero-order valence-electron chi connectivity index (χ0n) is 14.8. The van der Waals surface area contributed by atoms with E-state index in [1.165, 1.54) is 24.3 Å². The number of carbonyl (C=O) groups excluding carboxylic acids is 4. The molecule has 0 radical (unpaired) electrons. The molecule has 1 aliphatic heterocycles. The van der Waals surface area contributed by atoms with Gasteiger partial charge in [-0.25, -0.2) is 4.39 Å². The van der Waals surface area contributed by atoms with Crippen LogP contribution in [0.25, 0.3) is 0 Å². The second-order valence-corrected chi connectivity index (χ2v) is 6.82. The lowest BCUT2D eigenvalue weighted by molar-refractivity contribution is -0.154. The van der Waals surface area contributed by atoms with Gasteiger partial charge < -0.3 is 10.1 Å². The molecule has 1 saturated heterocycles. The highest BCUT2D eigenvalue weighted by atomic mass is 19.1. The third kappa shape index (κ3) is 4.50. The highest BCUT2D eigenvalue weighted by molar-refractivity contribution is 6.07. The number of rotatable bonds is 6. The van der Waals surface area contributed by atoms with E-state index in [2.05, 4.69) is 5.32 Å². The largest absolute Gasteiger partial charge is 0.454 e. The summed E-state index contributed by atoms with van der Waals surface area (Å²) < 4.78 is 17.7. The average molecular weight is 376 g/mol. The smallest absolute Gasteiger partial charge is 0.326 e. The van der Waals surface area contributed by atoms with Crippen LogP contribution in [0.5, 0.6) is 0 Å². The van der Waals surface area contributed by atoms with E-state index in [1.54, 1.807) is 0 Å². The highest BCUT2D eigenvalue weighted by Crippen LogP contribution is 2.37. The molecule has 2 fully saturated rings. The standard InChI is InChI=1S/C19H21FN2O5/c20-13-7-5-12(6-8-13)9-21-16(23)11-27-17(24)10-22-18(25)14-3-1-2-4-15(14)19(22)26/h5-8,14-15H,1-4,9-11H2,(H,21,23)/t14-,15+. The summed E-state index contributed by atoms with van der Waals surface area (Å²) >= 11 is 0. The highest BCUT2D eigenvalue weighted by Gasteiger charge is 2.48. The van der Waals surface area contributed by atoms with Crippen molar-refractivity contribution < 1.29 is 28.3 Å². The van der Waals surface area contributed by atoms with Gasteiger partial charge in [0, 0.05) is 6.54 Å². The number of imide groups is 1. The number of ether oxygens (including phenoxy) is 1. The fourth-order valence-electron chi connectivity index (χ4n) is 3.56. The number of benzene rings is 1. The average Bonchev–Trinajstić information content (AvgIpc) is 2.91. The predicted octanol–water partition coefficient (Wildman–Crippen LogP) is 1.16. The fraction of sp³-hybridized carbons (Fsp3) is 0.474. The first-order valence-corrected chi connectivity index (χ1v) is 8.97. The Morgan fingerprint density at radius 1 is 1.07 bits per heavy atom. The van der Waals surface area contributed by atoms with Gasteiger partial charge in [0.2, 0.25) is 11.8 Å². The first-order valence-electron chi connectivity index (χ1n) is 8.97. The van der Waals surface area contributed by atoms with Crippen molar-refractivity contribution in [2.75, 3.05) is 13.2 Å². The molecule has 0 aromatic heterocycles. The molecule has 3 amide bonds. The number of likely N-dealkylation sites (tertiary alicyclic amines) is 1. The predicted molar refractivity (Wildman–Crippen MR) is 91.4 cm³/mol. The van der Waals surface area contributed by atoms with Gasteiger partial charge in [-0.2, -0.15) is 0 Å². The summed E-state index contributed by atoms with van der Waals surface area (Å²) in [7, 11) is 0. The van der Waals surface area contributed by atoms with Crippen LogP contribution in [0.1, 0.15) is 31.2 Å². The summed E-state index contributed by atoms with van der Waals surface area (Å²) in [6.45, 7) is -0.803. The molecule has 2 atom stereocenters. The molecule has 144 valence electrons. The van der Waals surface area contributed by atoms with E-state index in [0.717, 1.165) is 17.7 Å². The van der Waals surface area contributed by atoms with E-state index in [0.29, 0.717) is 18.4 Å². The third-order valence-corrected chi connectivity index (χ3v) is 4.99. The molecule has 7 nitrogen and oxygen atoms in total. The monoisotopic (exact) mass is 376 g/mol. The van der Waals surface area contributed by atoms with Crippen LogP contribution < -0.4 is 5.32 Å². The van der Waals surface area contributed by atoms with E-state index < -0.39 is 25.0 Å². The molecule has 0 bridgehead atoms. The van der Waals surface area contributed by atoms with Crippen molar-refractivity contribution in [1.82, 2.24) is 10.2 Å². The van der Waals surface area contributed by atoms with Gasteiger partial charge in [-0.05, 0) is 30.5 Å². The molecule has 1 heterocycles. The minimum Gasteiger partial charge on any atom is -0.454 e. The number of carbonyl (C=O) groups is 4. The zero-order valence-corrected chi connectivity index (χ0v) is 14.8. The van der Waals surface area contributed by atoms with Crippen molar-refractivity contribution >= 4 is 23.7 Å². The van der Waals surface area contributed by atoms with Gasteiger partial charge in [0.05, 0.1) is 11.8 Å². The van der Waals surface area contributed by atoms with Crippen LogP contribution in [0.3, 0.4) is 0 Å². The van der Waals surface area contributed by atoms with E-state index in [4.69, 9.17) is 4.74 Å². The minimum absolute atomic E-state index is 0.170. The topological polar surface area (TPSA) is 92.8 Å². The zero-order chi connectivity index (χ0) is 19.4. The summed E-state index contributed by atoms with van der Waals surface area (Å²) in [5.41, 5.74) is 0.701. The Bertz CT molecular complexity index is 725. The van der Waals surface area contributed by atoms with E-state index in [-0.39, 0.29) is 36.0 Å². The summed E-state index contributed by atoms with van der Waals surface area (Å²) in [5.74, 6) is -2.97. The Kier molecular flexibility index (Phi) is 5.83. The number of hydrogen-bond acceptors (Lipinski definition) is 5. The van der Waals surface area contributed by atoms with Crippen LogP contribution in [0.2, 0.25) is 0 Å². The van der Waals surface area contributed by atoms with Gasteiger partial charge in [0.15, 0.2) is 6.61 Å². The molecule has 0 spiro atoms. The summed E-state index contributed by atoms with van der Waals surface area (Å²) in [6, 6.07) is 5.63. The minimum atomic E-state index is -0.799. The van der Waals surface area contributed by atoms with Crippen molar-refractivity contribution in [3.8, 4) is 0 Å². The number of esters is 1. The van der Waals surface area contributed by atoms with Crippen LogP contribution in [0.15, 0.2) is 24.3 Å². The number of nitrogens with zero attached hydrogens (tertiary/aromatic N) is 1. The van der Waals surface area contributed by atoms with Crippen LogP contribution in [-0.4, -0.2) is 41.7 Å². The molecule has 1 aromatic carbocycles. The van der Waals surface area contributed by atoms with Crippen molar-refractivity contribution in [2.45, 2.75) is 32.2 Å². The molecule has 1 aromatic rings. The van der Waals surface area contributed by atoms with E-state index in [1.807, 2.05) is 0 Å². The molecule has 1 aliphatic carbocycles. The Hall–Kier alpha value is -2.77. The van der Waals surface area contributed by atoms with E-state index >= 15 is 0 Å². The van der Waals surface area contributed by atoms with Gasteiger partial charge in [0.25, 0.3) is 5.91 Å². The Labute approximate surface area is 155 Å². The number of nitrogens with one attached hydrogen (secondary N) is 1. The quantitative estimate of drug-likeness (QED) is 0.594. The molecule has 0 unspecified atom stereocenters. The lowest BCUT2D eigenvalue weighted by Crippen LogP contribution is -2.38. The maximum Gasteiger partial charge on any atom is 0.326 e. The van der Waals surface area contributed by atoms with Crippen LogP contribution in [-0.2, 0) is 30.5 Å². The number of amides is 3. The maximum absolute atomic E-state index is 12.8. The maximum atomic E-state index is 12.8. The van der Waals surface area contributed by atoms with Crippen molar-refractivity contribution in [1.29, 1.82) is 0 Å². The first kappa shape index (κ1) is 19.0. The second kappa shape index (κ2) is 8.28. The lowest BCUT2D eigenvalue weighted by atomic mass is 9.81. The Morgan fingerprint density at radius 2 is 1.67 bits per heavy atom. The molecule has 1 N–H and O–H groups in total. The Morgan fingerprint density at radius 3 is 2.26 bits per heavy atom. The van der Waals surface area contributed by atoms with Crippen LogP contribution >= 0.6 is 0 Å². The van der Waals surface area contributed by atoms with Gasteiger partial charge >= 0.3 is 5.97 Å². The van der Waals surface area contributed by atoms with Gasteiger partial charge in [-0.1, -0.05) is 25.0 Å². The number of fused-ring (bicyclic) bond motifs is 1. The van der Waals surface area contributed by atoms with Crippen LogP contribution in [0.4, 0.5) is 4.39 Å². The molecule has 2 aliphatic rings. The number of halogens is 1. The Balaban J connectivity index is 1.42. The normalized spacial score (nSPS) is 21.7. The molecule has 8 heteroatoms. The van der Waals surface area contributed by atoms with Gasteiger partial charge in [0.1, 0.15) is 12.4 Å². The summed E-state index contributed by atoms with van der Waals surface area (Å²) in [4.78, 5) is 49.2. The van der Waals surface area contributed by atoms with Gasteiger partial charge in [-0.15, -0.1) is 0 Å². The second-order valence-electron chi connectivity index (χ2n) is 6.82. The van der Waals surface area contributed by atoms with Crippen LogP contribution in [0, 0.1) is 17.7 Å². The third-order valence-electron chi connectivity index (χ3n) is 4.99.